The smallest absolute Gasteiger partial charge is 0.319 e. The van der Waals surface area contributed by atoms with Crippen molar-refractivity contribution < 1.29 is 13.6 Å². The monoisotopic (exact) mass is 214 g/mol. The maximum absolute atomic E-state index is 13.2. The van der Waals surface area contributed by atoms with Gasteiger partial charge in [-0.3, -0.25) is 0 Å². The lowest BCUT2D eigenvalue weighted by molar-refractivity contribution is 0.252. The molecule has 0 fully saturated rings. The lowest BCUT2D eigenvalue weighted by Crippen LogP contribution is -2.29. The van der Waals surface area contributed by atoms with E-state index in [1.165, 1.54) is 6.92 Å². The molecule has 0 unspecified atom stereocenters. The highest BCUT2D eigenvalue weighted by Gasteiger charge is 2.10. The summed E-state index contributed by atoms with van der Waals surface area (Å²) in [5.41, 5.74) is 0.348. The maximum Gasteiger partial charge on any atom is 0.319 e. The summed E-state index contributed by atoms with van der Waals surface area (Å²) in [6, 6.07) is 1.38. The first-order chi connectivity index (χ1) is 7.04. The molecule has 0 saturated heterocycles. The Morgan fingerprint density at radius 1 is 1.40 bits per heavy atom. The second-order valence-electron chi connectivity index (χ2n) is 3.06. The highest BCUT2D eigenvalue weighted by molar-refractivity contribution is 5.90. The van der Waals surface area contributed by atoms with Crippen LogP contribution in [0.2, 0.25) is 0 Å². The van der Waals surface area contributed by atoms with Gasteiger partial charge < -0.3 is 10.6 Å². The van der Waals surface area contributed by atoms with E-state index in [1.807, 2.05) is 0 Å². The summed E-state index contributed by atoms with van der Waals surface area (Å²) in [4.78, 5) is 11.1. The van der Waals surface area contributed by atoms with Crippen LogP contribution in [0.4, 0.5) is 19.3 Å². The van der Waals surface area contributed by atoms with Gasteiger partial charge in [-0.05, 0) is 25.5 Å². The van der Waals surface area contributed by atoms with Crippen LogP contribution in [-0.4, -0.2) is 12.6 Å². The molecule has 1 rings (SSSR count). The van der Waals surface area contributed by atoms with Crippen molar-refractivity contribution in [1.29, 1.82) is 0 Å². The minimum atomic E-state index is -0.779. The molecule has 0 heterocycles. The van der Waals surface area contributed by atoms with Gasteiger partial charge in [0.1, 0.15) is 11.6 Å². The van der Waals surface area contributed by atoms with E-state index in [1.54, 1.807) is 6.92 Å². The first-order valence-electron chi connectivity index (χ1n) is 4.55. The molecule has 5 heteroatoms. The van der Waals surface area contributed by atoms with E-state index >= 15 is 0 Å². The molecule has 0 radical (unpaired) electrons. The van der Waals surface area contributed by atoms with Crippen molar-refractivity contribution >= 4 is 11.7 Å². The SMILES string of the molecule is CCNC(=O)Nc1c(C)cc(F)cc1F. The second-order valence-corrected chi connectivity index (χ2v) is 3.06. The van der Waals surface area contributed by atoms with Gasteiger partial charge in [0.15, 0.2) is 0 Å². The van der Waals surface area contributed by atoms with Crippen molar-refractivity contribution in [1.82, 2.24) is 5.32 Å². The standard InChI is InChI=1S/C10H12F2N2O/c1-3-13-10(15)14-9-6(2)4-7(11)5-8(9)12/h4-5H,3H2,1-2H3,(H2,13,14,15). The van der Waals surface area contributed by atoms with Gasteiger partial charge in [0.2, 0.25) is 0 Å². The molecule has 3 nitrogen and oxygen atoms in total. The minimum absolute atomic E-state index is 0.00218. The summed E-state index contributed by atoms with van der Waals surface area (Å²) in [5, 5.41) is 4.77. The normalized spacial score (nSPS) is 9.87. The molecule has 2 N–H and O–H groups in total. The molecule has 0 atom stereocenters. The topological polar surface area (TPSA) is 41.1 Å². The third-order valence-electron chi connectivity index (χ3n) is 1.83. The fourth-order valence-corrected chi connectivity index (χ4v) is 1.18. The molecule has 0 aromatic heterocycles. The second kappa shape index (κ2) is 4.72. The van der Waals surface area contributed by atoms with Gasteiger partial charge in [0, 0.05) is 12.6 Å². The van der Waals surface area contributed by atoms with Crippen LogP contribution in [0.25, 0.3) is 0 Å². The van der Waals surface area contributed by atoms with E-state index in [9.17, 15) is 13.6 Å². The van der Waals surface area contributed by atoms with E-state index < -0.39 is 17.7 Å². The molecule has 0 aliphatic rings. The number of benzene rings is 1. The summed E-state index contributed by atoms with van der Waals surface area (Å²) in [6.45, 7) is 3.70. The molecule has 0 aliphatic carbocycles. The van der Waals surface area contributed by atoms with Crippen molar-refractivity contribution in [2.24, 2.45) is 0 Å². The molecule has 1 aromatic carbocycles. The summed E-state index contributed by atoms with van der Waals surface area (Å²) >= 11 is 0. The van der Waals surface area contributed by atoms with Crippen molar-refractivity contribution in [3.8, 4) is 0 Å². The number of hydrogen-bond acceptors (Lipinski definition) is 1. The molecular weight excluding hydrogens is 202 g/mol. The van der Waals surface area contributed by atoms with Crippen LogP contribution < -0.4 is 10.6 Å². The summed E-state index contributed by atoms with van der Waals surface area (Å²) in [6.07, 6.45) is 0. The largest absolute Gasteiger partial charge is 0.338 e. The average Bonchev–Trinajstić information content (AvgIpc) is 2.11. The fourth-order valence-electron chi connectivity index (χ4n) is 1.18. The average molecular weight is 214 g/mol. The van der Waals surface area contributed by atoms with E-state index in [-0.39, 0.29) is 5.69 Å². The summed E-state index contributed by atoms with van der Waals surface area (Å²) in [7, 11) is 0. The van der Waals surface area contributed by atoms with Crippen LogP contribution in [0, 0.1) is 18.6 Å². The third kappa shape index (κ3) is 2.90. The van der Waals surface area contributed by atoms with Gasteiger partial charge in [0.25, 0.3) is 0 Å². The van der Waals surface area contributed by atoms with Gasteiger partial charge >= 0.3 is 6.03 Å². The van der Waals surface area contributed by atoms with Gasteiger partial charge in [0.05, 0.1) is 5.69 Å². The number of amides is 2. The Balaban J connectivity index is 2.90. The number of urea groups is 1. The number of hydrogen-bond donors (Lipinski definition) is 2. The molecule has 0 bridgehead atoms. The zero-order valence-corrected chi connectivity index (χ0v) is 8.53. The summed E-state index contributed by atoms with van der Waals surface area (Å²) in [5.74, 6) is -1.44. The van der Waals surface area contributed by atoms with E-state index in [4.69, 9.17) is 0 Å². The number of rotatable bonds is 2. The molecule has 0 spiro atoms. The van der Waals surface area contributed by atoms with Gasteiger partial charge in [-0.15, -0.1) is 0 Å². The number of halogens is 2. The van der Waals surface area contributed by atoms with Crippen LogP contribution in [0.5, 0.6) is 0 Å². The summed E-state index contributed by atoms with van der Waals surface area (Å²) < 4.78 is 26.0. The molecule has 0 aliphatic heterocycles. The Kier molecular flexibility index (Phi) is 3.60. The Labute approximate surface area is 86.5 Å². The number of aryl methyl sites for hydroxylation is 1. The van der Waals surface area contributed by atoms with Gasteiger partial charge in [-0.1, -0.05) is 0 Å². The lowest BCUT2D eigenvalue weighted by Gasteiger charge is -2.09. The van der Waals surface area contributed by atoms with Crippen molar-refractivity contribution in [2.75, 3.05) is 11.9 Å². The molecule has 1 aromatic rings. The van der Waals surface area contributed by atoms with Crippen LogP contribution >= 0.6 is 0 Å². The molecule has 0 saturated carbocycles. The minimum Gasteiger partial charge on any atom is -0.338 e. The highest BCUT2D eigenvalue weighted by atomic mass is 19.1. The quantitative estimate of drug-likeness (QED) is 0.779. The van der Waals surface area contributed by atoms with Gasteiger partial charge in [-0.25, -0.2) is 13.6 Å². The Hall–Kier alpha value is -1.65. The van der Waals surface area contributed by atoms with Gasteiger partial charge in [-0.2, -0.15) is 0 Å². The number of nitrogens with one attached hydrogen (secondary N) is 2. The first kappa shape index (κ1) is 11.4. The number of carbonyl (C=O) groups is 1. The predicted octanol–water partition coefficient (Wildman–Crippen LogP) is 2.41. The van der Waals surface area contributed by atoms with E-state index in [2.05, 4.69) is 10.6 Å². The molecule has 15 heavy (non-hydrogen) atoms. The van der Waals surface area contributed by atoms with Crippen LogP contribution in [0.15, 0.2) is 12.1 Å². The first-order valence-corrected chi connectivity index (χ1v) is 4.55. The van der Waals surface area contributed by atoms with Crippen molar-refractivity contribution in [3.05, 3.63) is 29.3 Å². The zero-order chi connectivity index (χ0) is 11.4. The Morgan fingerprint density at radius 3 is 2.60 bits per heavy atom. The molecular formula is C10H12F2N2O. The van der Waals surface area contributed by atoms with E-state index in [0.717, 1.165) is 12.1 Å². The Morgan fingerprint density at radius 2 is 2.07 bits per heavy atom. The van der Waals surface area contributed by atoms with Crippen molar-refractivity contribution in [3.63, 3.8) is 0 Å². The highest BCUT2D eigenvalue weighted by Crippen LogP contribution is 2.20. The number of carbonyl (C=O) groups excluding carboxylic acids is 1. The molecule has 82 valence electrons. The predicted molar refractivity (Wildman–Crippen MR) is 53.8 cm³/mol. The van der Waals surface area contributed by atoms with E-state index in [0.29, 0.717) is 12.1 Å². The molecule has 2 amide bonds. The Bertz CT molecular complexity index is 357. The number of anilines is 1. The fraction of sp³-hybridized carbons (Fsp3) is 0.300. The lowest BCUT2D eigenvalue weighted by atomic mass is 10.2. The maximum atomic E-state index is 13.2. The van der Waals surface area contributed by atoms with Crippen LogP contribution in [-0.2, 0) is 0 Å². The third-order valence-corrected chi connectivity index (χ3v) is 1.83. The van der Waals surface area contributed by atoms with Crippen molar-refractivity contribution in [2.45, 2.75) is 13.8 Å². The van der Waals surface area contributed by atoms with Crippen LogP contribution in [0.1, 0.15) is 12.5 Å². The van der Waals surface area contributed by atoms with Crippen LogP contribution in [0.3, 0.4) is 0 Å². The zero-order valence-electron chi connectivity index (χ0n) is 8.53.